The van der Waals surface area contributed by atoms with Crippen LogP contribution in [-0.2, 0) is 4.79 Å². The predicted octanol–water partition coefficient (Wildman–Crippen LogP) is 2.32. The Bertz CT molecular complexity index is 425. The van der Waals surface area contributed by atoms with E-state index < -0.39 is 5.97 Å². The second-order valence-corrected chi connectivity index (χ2v) is 4.45. The lowest BCUT2D eigenvalue weighted by Crippen LogP contribution is -2.41. The van der Waals surface area contributed by atoms with Crippen LogP contribution in [0.15, 0.2) is 24.3 Å². The molecule has 1 N–H and O–H groups in total. The molecule has 0 spiro atoms. The van der Waals surface area contributed by atoms with Crippen LogP contribution in [0.25, 0.3) is 0 Å². The van der Waals surface area contributed by atoms with Crippen LogP contribution in [0.2, 0.25) is 0 Å². The Morgan fingerprint density at radius 3 is 2.28 bits per heavy atom. The third kappa shape index (κ3) is 3.58. The van der Waals surface area contributed by atoms with Gasteiger partial charge in [0, 0.05) is 11.6 Å². The number of carbonyl (C=O) groups is 2. The van der Waals surface area contributed by atoms with Gasteiger partial charge < -0.3 is 10.0 Å². The lowest BCUT2D eigenvalue weighted by atomic mass is 10.1. The van der Waals surface area contributed by atoms with Gasteiger partial charge in [-0.25, -0.2) is 0 Å². The van der Waals surface area contributed by atoms with Crippen molar-refractivity contribution in [1.29, 1.82) is 0 Å². The first-order chi connectivity index (χ1) is 8.45. The van der Waals surface area contributed by atoms with Crippen LogP contribution in [0.5, 0.6) is 0 Å². The summed E-state index contributed by atoms with van der Waals surface area (Å²) in [7, 11) is 0. The SMILES string of the molecule is CCC(C)N(CC(=O)O)C(=O)c1ccc(C)cc1. The topological polar surface area (TPSA) is 57.6 Å². The molecule has 0 heterocycles. The number of aliphatic carboxylic acids is 1. The summed E-state index contributed by atoms with van der Waals surface area (Å²) < 4.78 is 0. The van der Waals surface area contributed by atoms with Gasteiger partial charge in [-0.15, -0.1) is 0 Å². The zero-order chi connectivity index (χ0) is 13.7. The Balaban J connectivity index is 2.94. The molecule has 0 saturated heterocycles. The molecule has 1 aromatic carbocycles. The van der Waals surface area contributed by atoms with Gasteiger partial charge in [-0.2, -0.15) is 0 Å². The molecule has 1 rings (SSSR count). The van der Waals surface area contributed by atoms with E-state index >= 15 is 0 Å². The molecule has 0 fully saturated rings. The van der Waals surface area contributed by atoms with Gasteiger partial charge in [0.1, 0.15) is 6.54 Å². The molecule has 1 amide bonds. The summed E-state index contributed by atoms with van der Waals surface area (Å²) in [6.07, 6.45) is 0.727. The third-order valence-corrected chi connectivity index (χ3v) is 2.99. The third-order valence-electron chi connectivity index (χ3n) is 2.99. The largest absolute Gasteiger partial charge is 0.480 e. The normalized spacial score (nSPS) is 11.9. The van der Waals surface area contributed by atoms with Crippen LogP contribution in [-0.4, -0.2) is 34.5 Å². The predicted molar refractivity (Wildman–Crippen MR) is 69.6 cm³/mol. The van der Waals surface area contributed by atoms with Crippen LogP contribution in [0, 0.1) is 6.92 Å². The molecule has 0 bridgehead atoms. The Labute approximate surface area is 107 Å². The van der Waals surface area contributed by atoms with Crippen LogP contribution < -0.4 is 0 Å². The highest BCUT2D eigenvalue weighted by atomic mass is 16.4. The van der Waals surface area contributed by atoms with E-state index in [1.54, 1.807) is 12.1 Å². The van der Waals surface area contributed by atoms with Crippen molar-refractivity contribution in [3.05, 3.63) is 35.4 Å². The zero-order valence-corrected chi connectivity index (χ0v) is 11.0. The van der Waals surface area contributed by atoms with Gasteiger partial charge in [0.15, 0.2) is 0 Å². The van der Waals surface area contributed by atoms with Gasteiger partial charge in [-0.3, -0.25) is 9.59 Å². The summed E-state index contributed by atoms with van der Waals surface area (Å²) in [6.45, 7) is 5.47. The van der Waals surface area contributed by atoms with E-state index in [-0.39, 0.29) is 18.5 Å². The number of hydrogen-bond donors (Lipinski definition) is 1. The van der Waals surface area contributed by atoms with E-state index in [1.165, 1.54) is 4.90 Å². The van der Waals surface area contributed by atoms with Crippen molar-refractivity contribution in [3.63, 3.8) is 0 Å². The van der Waals surface area contributed by atoms with Gasteiger partial charge in [0.05, 0.1) is 0 Å². The van der Waals surface area contributed by atoms with Crippen molar-refractivity contribution in [2.45, 2.75) is 33.2 Å². The average molecular weight is 249 g/mol. The maximum absolute atomic E-state index is 12.3. The minimum absolute atomic E-state index is 0.0881. The molecule has 0 aliphatic heterocycles. The second kappa shape index (κ2) is 6.19. The number of hydrogen-bond acceptors (Lipinski definition) is 2. The van der Waals surface area contributed by atoms with Crippen LogP contribution in [0.1, 0.15) is 36.2 Å². The van der Waals surface area contributed by atoms with E-state index in [2.05, 4.69) is 0 Å². The number of rotatable bonds is 5. The smallest absolute Gasteiger partial charge is 0.323 e. The zero-order valence-electron chi connectivity index (χ0n) is 11.0. The molecule has 0 aliphatic carbocycles. The Morgan fingerprint density at radius 1 is 1.28 bits per heavy atom. The molecule has 0 aliphatic rings. The fourth-order valence-electron chi connectivity index (χ4n) is 1.66. The lowest BCUT2D eigenvalue weighted by molar-refractivity contribution is -0.138. The molecular formula is C14H19NO3. The first-order valence-corrected chi connectivity index (χ1v) is 6.05. The standard InChI is InChI=1S/C14H19NO3/c1-4-11(3)15(9-13(16)17)14(18)12-7-5-10(2)6-8-12/h5-8,11H,4,9H2,1-3H3,(H,16,17). The molecule has 1 unspecified atom stereocenters. The van der Waals surface area contributed by atoms with Crippen molar-refractivity contribution in [3.8, 4) is 0 Å². The number of carboxylic acids is 1. The Hall–Kier alpha value is -1.84. The first-order valence-electron chi connectivity index (χ1n) is 6.05. The summed E-state index contributed by atoms with van der Waals surface area (Å²) in [5.41, 5.74) is 1.60. The number of benzene rings is 1. The molecule has 1 aromatic rings. The summed E-state index contributed by atoms with van der Waals surface area (Å²) in [5.74, 6) is -1.22. The summed E-state index contributed by atoms with van der Waals surface area (Å²) >= 11 is 0. The average Bonchev–Trinajstić information content (AvgIpc) is 2.35. The Morgan fingerprint density at radius 2 is 1.83 bits per heavy atom. The van der Waals surface area contributed by atoms with Gasteiger partial charge in [0.25, 0.3) is 5.91 Å². The number of amides is 1. The highest BCUT2D eigenvalue weighted by Crippen LogP contribution is 2.11. The number of carbonyl (C=O) groups excluding carboxylic acids is 1. The maximum Gasteiger partial charge on any atom is 0.323 e. The summed E-state index contributed by atoms with van der Waals surface area (Å²) in [6, 6.07) is 7.07. The fraction of sp³-hybridized carbons (Fsp3) is 0.429. The number of nitrogens with zero attached hydrogens (tertiary/aromatic N) is 1. The fourth-order valence-corrected chi connectivity index (χ4v) is 1.66. The molecule has 0 aromatic heterocycles. The van der Waals surface area contributed by atoms with E-state index in [1.807, 2.05) is 32.9 Å². The monoisotopic (exact) mass is 249 g/mol. The quantitative estimate of drug-likeness (QED) is 0.871. The molecule has 0 saturated carbocycles. The minimum Gasteiger partial charge on any atom is -0.480 e. The number of aryl methyl sites for hydroxylation is 1. The van der Waals surface area contributed by atoms with Crippen LogP contribution >= 0.6 is 0 Å². The maximum atomic E-state index is 12.3. The Kier molecular flexibility index (Phi) is 4.89. The summed E-state index contributed by atoms with van der Waals surface area (Å²) in [5, 5.41) is 8.87. The van der Waals surface area contributed by atoms with Crippen LogP contribution in [0.3, 0.4) is 0 Å². The first kappa shape index (κ1) is 14.2. The van der Waals surface area contributed by atoms with Gasteiger partial charge in [-0.1, -0.05) is 24.6 Å². The van der Waals surface area contributed by atoms with E-state index in [4.69, 9.17) is 5.11 Å². The second-order valence-electron chi connectivity index (χ2n) is 4.45. The molecule has 1 atom stereocenters. The van der Waals surface area contributed by atoms with Gasteiger partial charge >= 0.3 is 5.97 Å². The molecular weight excluding hydrogens is 230 g/mol. The van der Waals surface area contributed by atoms with Crippen molar-refractivity contribution < 1.29 is 14.7 Å². The minimum atomic E-state index is -0.990. The van der Waals surface area contributed by atoms with Crippen LogP contribution in [0.4, 0.5) is 0 Å². The van der Waals surface area contributed by atoms with Crippen molar-refractivity contribution in [1.82, 2.24) is 4.90 Å². The van der Waals surface area contributed by atoms with Crippen molar-refractivity contribution >= 4 is 11.9 Å². The summed E-state index contributed by atoms with van der Waals surface area (Å²) in [4.78, 5) is 24.5. The van der Waals surface area contributed by atoms with Gasteiger partial charge in [0.2, 0.25) is 0 Å². The number of carboxylic acid groups (broad SMARTS) is 1. The molecule has 4 nitrogen and oxygen atoms in total. The van der Waals surface area contributed by atoms with Crippen molar-refractivity contribution in [2.75, 3.05) is 6.54 Å². The van der Waals surface area contributed by atoms with E-state index in [0.717, 1.165) is 12.0 Å². The van der Waals surface area contributed by atoms with Gasteiger partial charge in [-0.05, 0) is 32.4 Å². The highest BCUT2D eigenvalue weighted by Gasteiger charge is 2.22. The molecule has 0 radical (unpaired) electrons. The van der Waals surface area contributed by atoms with Crippen molar-refractivity contribution in [2.24, 2.45) is 0 Å². The highest BCUT2D eigenvalue weighted by molar-refractivity contribution is 5.96. The lowest BCUT2D eigenvalue weighted by Gasteiger charge is -2.27. The molecule has 4 heteroatoms. The van der Waals surface area contributed by atoms with E-state index in [0.29, 0.717) is 5.56 Å². The molecule has 98 valence electrons. The molecule has 18 heavy (non-hydrogen) atoms. The van der Waals surface area contributed by atoms with E-state index in [9.17, 15) is 9.59 Å².